The fourth-order valence-corrected chi connectivity index (χ4v) is 3.39. The summed E-state index contributed by atoms with van der Waals surface area (Å²) >= 11 is 0. The number of amides is 1. The first-order chi connectivity index (χ1) is 13.0. The van der Waals surface area contributed by atoms with Crippen molar-refractivity contribution in [3.05, 3.63) is 59.7 Å². The minimum Gasteiger partial charge on any atom is -0.383 e. The average molecular weight is 391 g/mol. The lowest BCUT2D eigenvalue weighted by Gasteiger charge is -2.09. The second-order valence-corrected chi connectivity index (χ2v) is 7.62. The molecule has 7 nitrogen and oxygen atoms in total. The van der Waals surface area contributed by atoms with Crippen molar-refractivity contribution in [1.29, 1.82) is 0 Å². The number of methoxy groups -OCH3 is 1. The van der Waals surface area contributed by atoms with Crippen LogP contribution in [0.4, 0.5) is 5.69 Å². The number of nitrogens with one attached hydrogen (secondary N) is 3. The number of sulfonamides is 1. The number of hydrogen-bond acceptors (Lipinski definition) is 5. The molecule has 0 heterocycles. The molecule has 3 N–H and O–H groups in total. The number of carbonyl (C=O) groups is 1. The van der Waals surface area contributed by atoms with E-state index in [1.165, 1.54) is 31.4 Å². The van der Waals surface area contributed by atoms with Crippen LogP contribution in [-0.4, -0.2) is 41.1 Å². The smallest absolute Gasteiger partial charge is 0.255 e. The standard InChI is InChI=1S/C19H25N3O4S/c1-3-20-14-15-5-4-6-17(13-15)22-19(23)16-7-9-18(10-8-16)27(24,25)21-11-12-26-2/h4-10,13,20-21H,3,11-12,14H2,1-2H3,(H,22,23). The summed E-state index contributed by atoms with van der Waals surface area (Å²) in [6, 6.07) is 13.4. The Morgan fingerprint density at radius 2 is 1.85 bits per heavy atom. The van der Waals surface area contributed by atoms with E-state index in [-0.39, 0.29) is 24.0 Å². The van der Waals surface area contributed by atoms with Crippen LogP contribution in [0.15, 0.2) is 53.4 Å². The van der Waals surface area contributed by atoms with Crippen LogP contribution >= 0.6 is 0 Å². The highest BCUT2D eigenvalue weighted by Crippen LogP contribution is 2.14. The van der Waals surface area contributed by atoms with Crippen molar-refractivity contribution in [3.8, 4) is 0 Å². The van der Waals surface area contributed by atoms with Gasteiger partial charge in [-0.1, -0.05) is 19.1 Å². The molecule has 2 aromatic rings. The van der Waals surface area contributed by atoms with Crippen molar-refractivity contribution < 1.29 is 17.9 Å². The van der Waals surface area contributed by atoms with Gasteiger partial charge in [0.15, 0.2) is 0 Å². The third kappa shape index (κ3) is 6.44. The van der Waals surface area contributed by atoms with Crippen LogP contribution in [0.5, 0.6) is 0 Å². The maximum atomic E-state index is 12.4. The van der Waals surface area contributed by atoms with Gasteiger partial charge in [-0.2, -0.15) is 0 Å². The summed E-state index contributed by atoms with van der Waals surface area (Å²) in [7, 11) is -2.12. The van der Waals surface area contributed by atoms with E-state index in [0.717, 1.165) is 18.7 Å². The molecule has 2 aromatic carbocycles. The zero-order valence-electron chi connectivity index (χ0n) is 15.5. The van der Waals surface area contributed by atoms with Crippen LogP contribution in [0.2, 0.25) is 0 Å². The number of benzene rings is 2. The predicted octanol–water partition coefficient (Wildman–Crippen LogP) is 1.97. The minimum absolute atomic E-state index is 0.0998. The largest absolute Gasteiger partial charge is 0.383 e. The zero-order valence-corrected chi connectivity index (χ0v) is 16.3. The molecule has 0 aliphatic carbocycles. The van der Waals surface area contributed by atoms with E-state index < -0.39 is 10.0 Å². The molecule has 146 valence electrons. The zero-order chi connectivity index (χ0) is 19.7. The molecule has 0 fully saturated rings. The highest BCUT2D eigenvalue weighted by Gasteiger charge is 2.14. The summed E-state index contributed by atoms with van der Waals surface area (Å²) in [6.45, 7) is 4.09. The van der Waals surface area contributed by atoms with Crippen LogP contribution in [0.1, 0.15) is 22.8 Å². The van der Waals surface area contributed by atoms with Gasteiger partial charge in [0.2, 0.25) is 10.0 Å². The lowest BCUT2D eigenvalue weighted by atomic mass is 10.1. The third-order valence-corrected chi connectivity index (χ3v) is 5.27. The summed E-state index contributed by atoms with van der Waals surface area (Å²) in [5.41, 5.74) is 2.13. The van der Waals surface area contributed by atoms with Gasteiger partial charge in [-0.25, -0.2) is 13.1 Å². The molecule has 0 saturated carbocycles. The van der Waals surface area contributed by atoms with Crippen molar-refractivity contribution in [2.75, 3.05) is 32.1 Å². The van der Waals surface area contributed by atoms with Gasteiger partial charge in [-0.15, -0.1) is 0 Å². The Morgan fingerprint density at radius 1 is 1.11 bits per heavy atom. The van der Waals surface area contributed by atoms with Crippen molar-refractivity contribution in [2.45, 2.75) is 18.4 Å². The number of ether oxygens (including phenoxy) is 1. The molecule has 8 heteroatoms. The van der Waals surface area contributed by atoms with E-state index in [1.807, 2.05) is 31.2 Å². The normalized spacial score (nSPS) is 11.3. The van der Waals surface area contributed by atoms with Gasteiger partial charge in [0.25, 0.3) is 5.91 Å². The number of rotatable bonds is 10. The Kier molecular flexibility index (Phi) is 7.93. The first-order valence-electron chi connectivity index (χ1n) is 8.66. The molecular formula is C19H25N3O4S. The minimum atomic E-state index is -3.62. The second-order valence-electron chi connectivity index (χ2n) is 5.85. The number of hydrogen-bond donors (Lipinski definition) is 3. The molecule has 1 amide bonds. The molecule has 27 heavy (non-hydrogen) atoms. The van der Waals surface area contributed by atoms with Gasteiger partial charge in [-0.3, -0.25) is 4.79 Å². The molecule has 2 rings (SSSR count). The van der Waals surface area contributed by atoms with Crippen LogP contribution < -0.4 is 15.4 Å². The Hall–Kier alpha value is -2.26. The molecule has 0 aliphatic heterocycles. The topological polar surface area (TPSA) is 96.5 Å². The molecule has 0 atom stereocenters. The monoisotopic (exact) mass is 391 g/mol. The first-order valence-corrected chi connectivity index (χ1v) is 10.1. The first kappa shape index (κ1) is 21.0. The SMILES string of the molecule is CCNCc1cccc(NC(=O)c2ccc(S(=O)(=O)NCCOC)cc2)c1. The van der Waals surface area contributed by atoms with Gasteiger partial charge >= 0.3 is 0 Å². The summed E-state index contributed by atoms with van der Waals surface area (Å²) in [4.78, 5) is 12.5. The van der Waals surface area contributed by atoms with E-state index in [2.05, 4.69) is 15.4 Å². The van der Waals surface area contributed by atoms with E-state index in [1.54, 1.807) is 0 Å². The van der Waals surface area contributed by atoms with E-state index in [4.69, 9.17) is 4.74 Å². The quantitative estimate of drug-likeness (QED) is 0.538. The Labute approximate surface area is 160 Å². The fraction of sp³-hybridized carbons (Fsp3) is 0.316. The van der Waals surface area contributed by atoms with Crippen LogP contribution in [0.3, 0.4) is 0 Å². The van der Waals surface area contributed by atoms with Gasteiger partial charge in [0.05, 0.1) is 11.5 Å². The third-order valence-electron chi connectivity index (χ3n) is 3.79. The van der Waals surface area contributed by atoms with Crippen LogP contribution in [0.25, 0.3) is 0 Å². The van der Waals surface area contributed by atoms with Crippen molar-refractivity contribution in [1.82, 2.24) is 10.0 Å². The van der Waals surface area contributed by atoms with E-state index >= 15 is 0 Å². The molecule has 0 aromatic heterocycles. The second kappa shape index (κ2) is 10.2. The van der Waals surface area contributed by atoms with Crippen LogP contribution in [0, 0.1) is 0 Å². The highest BCUT2D eigenvalue weighted by molar-refractivity contribution is 7.89. The van der Waals surface area contributed by atoms with Gasteiger partial charge in [-0.05, 0) is 48.5 Å². The summed E-state index contributed by atoms with van der Waals surface area (Å²) in [5, 5.41) is 6.06. The molecule has 0 saturated heterocycles. The van der Waals surface area contributed by atoms with Crippen LogP contribution in [-0.2, 0) is 21.3 Å². The Morgan fingerprint density at radius 3 is 2.52 bits per heavy atom. The number of anilines is 1. The molecule has 0 aliphatic rings. The summed E-state index contributed by atoms with van der Waals surface area (Å²) in [5.74, 6) is -0.299. The molecule has 0 unspecified atom stereocenters. The summed E-state index contributed by atoms with van der Waals surface area (Å²) < 4.78 is 31.5. The maximum absolute atomic E-state index is 12.4. The highest BCUT2D eigenvalue weighted by atomic mass is 32.2. The molecule has 0 spiro atoms. The van der Waals surface area contributed by atoms with Gasteiger partial charge in [0, 0.05) is 31.5 Å². The van der Waals surface area contributed by atoms with Gasteiger partial charge < -0.3 is 15.4 Å². The molecule has 0 bridgehead atoms. The lowest BCUT2D eigenvalue weighted by molar-refractivity contribution is 0.102. The van der Waals surface area contributed by atoms with Gasteiger partial charge in [0.1, 0.15) is 0 Å². The van der Waals surface area contributed by atoms with E-state index in [0.29, 0.717) is 11.3 Å². The van der Waals surface area contributed by atoms with Crippen molar-refractivity contribution >= 4 is 21.6 Å². The van der Waals surface area contributed by atoms with Crippen molar-refractivity contribution in [3.63, 3.8) is 0 Å². The summed E-state index contributed by atoms with van der Waals surface area (Å²) in [6.07, 6.45) is 0. The fourth-order valence-electron chi connectivity index (χ4n) is 2.38. The average Bonchev–Trinajstić information content (AvgIpc) is 2.67. The maximum Gasteiger partial charge on any atom is 0.255 e. The Balaban J connectivity index is 2.03. The van der Waals surface area contributed by atoms with Crippen molar-refractivity contribution in [2.24, 2.45) is 0 Å². The predicted molar refractivity (Wildman–Crippen MR) is 105 cm³/mol. The molecule has 0 radical (unpaired) electrons. The Bertz CT molecular complexity index is 852. The lowest BCUT2D eigenvalue weighted by Crippen LogP contribution is -2.27. The van der Waals surface area contributed by atoms with E-state index in [9.17, 15) is 13.2 Å². The number of carbonyl (C=O) groups excluding carboxylic acids is 1. The molecular weight excluding hydrogens is 366 g/mol.